The minimum Gasteiger partial charge on any atom is -0.464 e. The van der Waals surface area contributed by atoms with Gasteiger partial charge in [-0.1, -0.05) is 11.6 Å². The highest BCUT2D eigenvalue weighted by atomic mass is 35.5. The van der Waals surface area contributed by atoms with Gasteiger partial charge in [-0.3, -0.25) is 0 Å². The van der Waals surface area contributed by atoms with Crippen molar-refractivity contribution in [1.29, 1.82) is 0 Å². The second-order valence-electron chi connectivity index (χ2n) is 3.19. The zero-order chi connectivity index (χ0) is 10.1. The maximum absolute atomic E-state index is 11.3. The molecule has 1 heterocycles. The molecule has 0 N–H and O–H groups in total. The summed E-state index contributed by atoms with van der Waals surface area (Å²) in [5.74, 6) is -0.117. The first-order valence-corrected chi connectivity index (χ1v) is 4.70. The Labute approximate surface area is 86.3 Å². The van der Waals surface area contributed by atoms with Crippen molar-refractivity contribution < 1.29 is 9.53 Å². The smallest absolute Gasteiger partial charge is 0.357 e. The molecule has 0 radical (unpaired) electrons. The Kier molecular flexibility index (Phi) is 2.37. The van der Waals surface area contributed by atoms with E-state index in [4.69, 9.17) is 11.6 Å². The molecule has 4 nitrogen and oxygen atoms in total. The van der Waals surface area contributed by atoms with E-state index in [2.05, 4.69) is 14.7 Å². The van der Waals surface area contributed by atoms with Gasteiger partial charge in [0.1, 0.15) is 11.5 Å². The Hall–Kier alpha value is -1.16. The molecule has 1 aliphatic rings. The number of methoxy groups -OCH3 is 1. The van der Waals surface area contributed by atoms with E-state index >= 15 is 0 Å². The van der Waals surface area contributed by atoms with E-state index in [1.54, 1.807) is 0 Å². The molecule has 0 amide bonds. The first kappa shape index (κ1) is 9.40. The van der Waals surface area contributed by atoms with Gasteiger partial charge in [0.25, 0.3) is 0 Å². The number of nitrogens with zero attached hydrogens (tertiary/aromatic N) is 2. The van der Waals surface area contributed by atoms with Crippen molar-refractivity contribution in [3.05, 3.63) is 22.7 Å². The third kappa shape index (κ3) is 1.57. The first-order chi connectivity index (χ1) is 6.74. The quantitative estimate of drug-likeness (QED) is 0.554. The second kappa shape index (κ2) is 3.53. The van der Waals surface area contributed by atoms with Crippen molar-refractivity contribution in [2.45, 2.75) is 18.8 Å². The summed E-state index contributed by atoms with van der Waals surface area (Å²) in [5.41, 5.74) is 1.04. The highest BCUT2D eigenvalue weighted by Crippen LogP contribution is 2.43. The van der Waals surface area contributed by atoms with Crippen LogP contribution in [-0.2, 0) is 4.74 Å². The van der Waals surface area contributed by atoms with E-state index in [1.165, 1.54) is 13.4 Å². The lowest BCUT2D eigenvalue weighted by Crippen LogP contribution is -2.09. The van der Waals surface area contributed by atoms with Gasteiger partial charge in [0.15, 0.2) is 5.69 Å². The molecule has 14 heavy (non-hydrogen) atoms. The molecule has 0 spiro atoms. The van der Waals surface area contributed by atoms with Gasteiger partial charge in [-0.2, -0.15) is 0 Å². The summed E-state index contributed by atoms with van der Waals surface area (Å²) in [7, 11) is 1.33. The number of hydrogen-bond donors (Lipinski definition) is 0. The Morgan fingerprint density at radius 3 is 2.86 bits per heavy atom. The third-order valence-electron chi connectivity index (χ3n) is 2.20. The van der Waals surface area contributed by atoms with Gasteiger partial charge in [0.05, 0.1) is 7.11 Å². The van der Waals surface area contributed by atoms with Crippen LogP contribution in [0.3, 0.4) is 0 Å². The molecule has 2 rings (SSSR count). The Balaban J connectivity index is 2.47. The van der Waals surface area contributed by atoms with Crippen molar-refractivity contribution in [3.63, 3.8) is 0 Å². The van der Waals surface area contributed by atoms with Gasteiger partial charge >= 0.3 is 5.97 Å². The number of rotatable bonds is 2. The van der Waals surface area contributed by atoms with Crippen LogP contribution in [0, 0.1) is 0 Å². The summed E-state index contributed by atoms with van der Waals surface area (Å²) < 4.78 is 4.62. The van der Waals surface area contributed by atoms with Gasteiger partial charge in [0, 0.05) is 5.56 Å². The molecule has 74 valence electrons. The number of halogens is 1. The van der Waals surface area contributed by atoms with Crippen LogP contribution >= 0.6 is 11.6 Å². The SMILES string of the molecule is COC(=O)c1ncnc(Cl)c1C1CC1. The number of carbonyl (C=O) groups excluding carboxylic acids is 1. The Bertz CT molecular complexity index is 377. The average Bonchev–Trinajstić information content (AvgIpc) is 3.00. The number of ether oxygens (including phenoxy) is 1. The lowest BCUT2D eigenvalue weighted by Gasteiger charge is -2.05. The molecule has 1 aliphatic carbocycles. The minimum atomic E-state index is -0.448. The largest absolute Gasteiger partial charge is 0.464 e. The Morgan fingerprint density at radius 1 is 1.57 bits per heavy atom. The molecule has 0 saturated heterocycles. The predicted octanol–water partition coefficient (Wildman–Crippen LogP) is 1.79. The molecule has 0 unspecified atom stereocenters. The van der Waals surface area contributed by atoms with E-state index < -0.39 is 5.97 Å². The van der Waals surface area contributed by atoms with Crippen LogP contribution in [0.15, 0.2) is 6.33 Å². The van der Waals surface area contributed by atoms with Crippen LogP contribution in [0.4, 0.5) is 0 Å². The third-order valence-corrected chi connectivity index (χ3v) is 2.50. The van der Waals surface area contributed by atoms with E-state index in [0.29, 0.717) is 16.8 Å². The topological polar surface area (TPSA) is 52.1 Å². The van der Waals surface area contributed by atoms with Crippen molar-refractivity contribution >= 4 is 17.6 Å². The lowest BCUT2D eigenvalue weighted by atomic mass is 10.1. The molecule has 0 aromatic carbocycles. The maximum atomic E-state index is 11.3. The van der Waals surface area contributed by atoms with Crippen molar-refractivity contribution in [2.75, 3.05) is 7.11 Å². The number of aromatic nitrogens is 2. The molecule has 0 aliphatic heterocycles. The fraction of sp³-hybridized carbons (Fsp3) is 0.444. The zero-order valence-corrected chi connectivity index (χ0v) is 8.41. The van der Waals surface area contributed by atoms with Gasteiger partial charge in [-0.05, 0) is 18.8 Å². The summed E-state index contributed by atoms with van der Waals surface area (Å²) in [6.07, 6.45) is 3.36. The number of carbonyl (C=O) groups is 1. The Morgan fingerprint density at radius 2 is 2.29 bits per heavy atom. The average molecular weight is 213 g/mol. The first-order valence-electron chi connectivity index (χ1n) is 4.32. The summed E-state index contributed by atoms with van der Waals surface area (Å²) in [6, 6.07) is 0. The lowest BCUT2D eigenvalue weighted by molar-refractivity contribution is 0.0592. The molecule has 0 bridgehead atoms. The van der Waals surface area contributed by atoms with Gasteiger partial charge in [0.2, 0.25) is 0 Å². The monoisotopic (exact) mass is 212 g/mol. The molecule has 1 aromatic heterocycles. The van der Waals surface area contributed by atoms with Gasteiger partial charge in [-0.15, -0.1) is 0 Å². The zero-order valence-electron chi connectivity index (χ0n) is 7.66. The number of hydrogen-bond acceptors (Lipinski definition) is 4. The molecule has 0 atom stereocenters. The van der Waals surface area contributed by atoms with E-state index in [1.807, 2.05) is 0 Å². The minimum absolute atomic E-state index is 0.301. The van der Waals surface area contributed by atoms with Crippen molar-refractivity contribution in [3.8, 4) is 0 Å². The summed E-state index contributed by atoms with van der Waals surface area (Å²) in [5, 5.41) is 0.364. The van der Waals surface area contributed by atoms with E-state index in [0.717, 1.165) is 18.4 Å². The molecule has 1 aromatic rings. The van der Waals surface area contributed by atoms with Crippen LogP contribution in [0.2, 0.25) is 5.15 Å². The summed E-state index contributed by atoms with van der Waals surface area (Å²) >= 11 is 5.91. The maximum Gasteiger partial charge on any atom is 0.357 e. The highest BCUT2D eigenvalue weighted by molar-refractivity contribution is 6.30. The fourth-order valence-electron chi connectivity index (χ4n) is 1.37. The molecular formula is C9H9ClN2O2. The van der Waals surface area contributed by atoms with Crippen LogP contribution in [0.1, 0.15) is 34.8 Å². The highest BCUT2D eigenvalue weighted by Gasteiger charge is 2.32. The molecule has 1 fully saturated rings. The predicted molar refractivity (Wildman–Crippen MR) is 50.4 cm³/mol. The summed E-state index contributed by atoms with van der Waals surface area (Å²) in [4.78, 5) is 19.1. The summed E-state index contributed by atoms with van der Waals surface area (Å²) in [6.45, 7) is 0. The van der Waals surface area contributed by atoms with E-state index in [9.17, 15) is 4.79 Å². The van der Waals surface area contributed by atoms with Crippen LogP contribution < -0.4 is 0 Å². The van der Waals surface area contributed by atoms with Crippen molar-refractivity contribution in [1.82, 2.24) is 9.97 Å². The second-order valence-corrected chi connectivity index (χ2v) is 3.55. The van der Waals surface area contributed by atoms with Crippen LogP contribution in [0.5, 0.6) is 0 Å². The van der Waals surface area contributed by atoms with E-state index in [-0.39, 0.29) is 0 Å². The standard InChI is InChI=1S/C9H9ClN2O2/c1-14-9(13)7-6(5-2-3-5)8(10)12-4-11-7/h4-5H,2-3H2,1H3. The fourth-order valence-corrected chi connectivity index (χ4v) is 1.65. The van der Waals surface area contributed by atoms with Gasteiger partial charge < -0.3 is 4.74 Å². The molecule has 5 heteroatoms. The van der Waals surface area contributed by atoms with Crippen molar-refractivity contribution in [2.24, 2.45) is 0 Å². The van der Waals surface area contributed by atoms with Crippen LogP contribution in [-0.4, -0.2) is 23.0 Å². The normalized spacial score (nSPS) is 15.3. The molecular weight excluding hydrogens is 204 g/mol. The van der Waals surface area contributed by atoms with Crippen LogP contribution in [0.25, 0.3) is 0 Å². The van der Waals surface area contributed by atoms with Gasteiger partial charge in [-0.25, -0.2) is 14.8 Å². The molecule has 1 saturated carbocycles. The number of esters is 1.